The van der Waals surface area contributed by atoms with Gasteiger partial charge in [-0.3, -0.25) is 5.41 Å². The normalized spacial score (nSPS) is 7.00. The molecule has 0 spiro atoms. The fourth-order valence-corrected chi connectivity index (χ4v) is 0. The Hall–Kier alpha value is -1.53. The number of nitrogens with zero attached hydrogens (tertiary/aromatic N) is 2. The van der Waals surface area contributed by atoms with E-state index in [1.807, 2.05) is 0 Å². The molecule has 0 radical (unpaired) electrons. The minimum Gasteiger partial charge on any atom is -0.370 e. The van der Waals surface area contributed by atoms with Crippen LogP contribution < -0.4 is 5.73 Å². The SMILES string of the molecule is CN(C)C(=N)N.O=[N+]([O-])O. The van der Waals surface area contributed by atoms with Crippen LogP contribution in [0.15, 0.2) is 0 Å². The first kappa shape index (κ1) is 11.3. The predicted molar refractivity (Wildman–Crippen MR) is 34.4 cm³/mol. The van der Waals surface area contributed by atoms with E-state index in [-0.39, 0.29) is 5.96 Å². The van der Waals surface area contributed by atoms with Crippen molar-refractivity contribution in [3.8, 4) is 0 Å². The standard InChI is InChI=1S/C3H9N3.HNO3/c1-6(2)3(4)5;2-1(3)4/h1-2H3,(H3,4,5);(H,2,3,4). The van der Waals surface area contributed by atoms with E-state index in [0.717, 1.165) is 0 Å². The van der Waals surface area contributed by atoms with E-state index >= 15 is 0 Å². The Morgan fingerprint density at radius 3 is 1.90 bits per heavy atom. The largest absolute Gasteiger partial charge is 0.370 e. The molecule has 0 atom stereocenters. The van der Waals surface area contributed by atoms with Gasteiger partial charge in [-0.1, -0.05) is 0 Å². The Kier molecular flexibility index (Phi) is 6.33. The number of hydrogen-bond donors (Lipinski definition) is 3. The Morgan fingerprint density at radius 1 is 1.80 bits per heavy atom. The molecule has 7 heteroatoms. The average molecular weight is 150 g/mol. The minimum atomic E-state index is -1.50. The smallest absolute Gasteiger partial charge is 0.291 e. The Bertz CT molecular complexity index is 119. The van der Waals surface area contributed by atoms with E-state index in [0.29, 0.717) is 0 Å². The van der Waals surface area contributed by atoms with Crippen molar-refractivity contribution >= 4 is 5.96 Å². The third-order valence-corrected chi connectivity index (χ3v) is 0.482. The predicted octanol–water partition coefficient (Wildman–Crippen LogP) is -0.906. The Morgan fingerprint density at radius 2 is 1.90 bits per heavy atom. The molecule has 0 heterocycles. The third kappa shape index (κ3) is 31.7. The number of rotatable bonds is 0. The van der Waals surface area contributed by atoms with Crippen LogP contribution >= 0.6 is 0 Å². The van der Waals surface area contributed by atoms with Crippen molar-refractivity contribution in [2.45, 2.75) is 0 Å². The first-order chi connectivity index (χ1) is 4.37. The highest BCUT2D eigenvalue weighted by Crippen LogP contribution is 1.62. The van der Waals surface area contributed by atoms with Crippen molar-refractivity contribution in [2.24, 2.45) is 5.73 Å². The summed E-state index contributed by atoms with van der Waals surface area (Å²) in [6.45, 7) is 0. The second-order valence-corrected chi connectivity index (χ2v) is 1.52. The molecule has 0 aliphatic heterocycles. The van der Waals surface area contributed by atoms with Gasteiger partial charge in [-0.15, -0.1) is 10.1 Å². The maximum absolute atomic E-state index is 8.36. The first-order valence-corrected chi connectivity index (χ1v) is 2.22. The van der Waals surface area contributed by atoms with Crippen molar-refractivity contribution < 1.29 is 10.3 Å². The van der Waals surface area contributed by atoms with E-state index < -0.39 is 5.09 Å². The van der Waals surface area contributed by atoms with Crippen LogP contribution in [0, 0.1) is 15.5 Å². The van der Waals surface area contributed by atoms with E-state index in [1.54, 1.807) is 14.1 Å². The van der Waals surface area contributed by atoms with Gasteiger partial charge in [0.1, 0.15) is 0 Å². The molecule has 0 unspecified atom stereocenters. The lowest BCUT2D eigenvalue weighted by molar-refractivity contribution is -0.742. The molecule has 0 saturated carbocycles. The van der Waals surface area contributed by atoms with Gasteiger partial charge in [0.2, 0.25) is 0 Å². The zero-order valence-electron chi connectivity index (χ0n) is 5.74. The van der Waals surface area contributed by atoms with Gasteiger partial charge < -0.3 is 15.8 Å². The summed E-state index contributed by atoms with van der Waals surface area (Å²) in [5.41, 5.74) is 4.94. The molecule has 0 aromatic carbocycles. The van der Waals surface area contributed by atoms with Gasteiger partial charge in [0.15, 0.2) is 5.96 Å². The second-order valence-electron chi connectivity index (χ2n) is 1.52. The summed E-state index contributed by atoms with van der Waals surface area (Å²) in [5.74, 6) is 0.0926. The Labute approximate surface area is 57.7 Å². The van der Waals surface area contributed by atoms with Crippen LogP contribution in [0.2, 0.25) is 0 Å². The van der Waals surface area contributed by atoms with Crippen LogP contribution in [0.3, 0.4) is 0 Å². The van der Waals surface area contributed by atoms with Gasteiger partial charge in [-0.2, -0.15) is 0 Å². The van der Waals surface area contributed by atoms with Crippen molar-refractivity contribution in [2.75, 3.05) is 14.1 Å². The molecule has 0 aliphatic carbocycles. The van der Waals surface area contributed by atoms with E-state index in [4.69, 9.17) is 26.5 Å². The van der Waals surface area contributed by atoms with E-state index in [9.17, 15) is 0 Å². The summed E-state index contributed by atoms with van der Waals surface area (Å²) in [5, 5.41) is 20.3. The molecule has 10 heavy (non-hydrogen) atoms. The molecule has 0 rings (SSSR count). The highest BCUT2D eigenvalue weighted by atomic mass is 16.9. The lowest BCUT2D eigenvalue weighted by Gasteiger charge is -2.05. The summed E-state index contributed by atoms with van der Waals surface area (Å²) in [6, 6.07) is 0. The summed E-state index contributed by atoms with van der Waals surface area (Å²) in [6.07, 6.45) is 0. The summed E-state index contributed by atoms with van der Waals surface area (Å²) in [4.78, 5) is 9.89. The highest BCUT2D eigenvalue weighted by Gasteiger charge is 1.82. The topological polar surface area (TPSA) is 116 Å². The van der Waals surface area contributed by atoms with Gasteiger partial charge in [-0.05, 0) is 0 Å². The molecule has 7 nitrogen and oxygen atoms in total. The molecule has 0 saturated heterocycles. The number of guanidine groups is 1. The van der Waals surface area contributed by atoms with Gasteiger partial charge in [0.25, 0.3) is 5.09 Å². The fraction of sp³-hybridized carbons (Fsp3) is 0.667. The van der Waals surface area contributed by atoms with Crippen LogP contribution in [0.5, 0.6) is 0 Å². The summed E-state index contributed by atoms with van der Waals surface area (Å²) >= 11 is 0. The molecule has 0 fully saturated rings. The van der Waals surface area contributed by atoms with Gasteiger partial charge >= 0.3 is 0 Å². The van der Waals surface area contributed by atoms with Gasteiger partial charge in [-0.25, -0.2) is 0 Å². The van der Waals surface area contributed by atoms with Crippen LogP contribution in [-0.2, 0) is 0 Å². The minimum absolute atomic E-state index is 0.0926. The Balaban J connectivity index is 0. The molecular formula is C3H10N4O3. The van der Waals surface area contributed by atoms with Crippen LogP contribution in [0.1, 0.15) is 0 Å². The fourth-order valence-electron chi connectivity index (χ4n) is 0. The lowest BCUT2D eigenvalue weighted by atomic mass is 10.8. The van der Waals surface area contributed by atoms with Crippen LogP contribution in [0.4, 0.5) is 0 Å². The maximum atomic E-state index is 8.36. The molecule has 0 aliphatic rings. The van der Waals surface area contributed by atoms with Crippen LogP contribution in [0.25, 0.3) is 0 Å². The lowest BCUT2D eigenvalue weighted by Crippen LogP contribution is -2.28. The van der Waals surface area contributed by atoms with Crippen molar-refractivity contribution in [1.82, 2.24) is 4.90 Å². The quantitative estimate of drug-likeness (QED) is 0.179. The van der Waals surface area contributed by atoms with Crippen molar-refractivity contribution in [1.29, 1.82) is 5.41 Å². The van der Waals surface area contributed by atoms with E-state index in [2.05, 4.69) is 0 Å². The molecule has 0 aromatic heterocycles. The molecular weight excluding hydrogens is 140 g/mol. The van der Waals surface area contributed by atoms with Crippen molar-refractivity contribution in [3.63, 3.8) is 0 Å². The second kappa shape index (κ2) is 5.60. The highest BCUT2D eigenvalue weighted by molar-refractivity contribution is 5.73. The van der Waals surface area contributed by atoms with Crippen molar-refractivity contribution in [3.05, 3.63) is 10.1 Å². The molecule has 4 N–H and O–H groups in total. The zero-order valence-corrected chi connectivity index (χ0v) is 5.74. The first-order valence-electron chi connectivity index (χ1n) is 2.22. The van der Waals surface area contributed by atoms with Gasteiger partial charge in [0.05, 0.1) is 0 Å². The molecule has 0 amide bonds. The third-order valence-electron chi connectivity index (χ3n) is 0.482. The molecule has 0 aromatic rings. The maximum Gasteiger partial charge on any atom is 0.291 e. The van der Waals surface area contributed by atoms with Gasteiger partial charge in [0, 0.05) is 14.1 Å². The zero-order chi connectivity index (χ0) is 8.73. The number of hydrogen-bond acceptors (Lipinski definition) is 3. The number of nitrogens with two attached hydrogens (primary N) is 1. The molecule has 0 bridgehead atoms. The average Bonchev–Trinajstić information content (AvgIpc) is 1.63. The monoisotopic (exact) mass is 150 g/mol. The molecule has 60 valence electrons. The van der Waals surface area contributed by atoms with Crippen LogP contribution in [-0.4, -0.2) is 35.2 Å². The summed E-state index contributed by atoms with van der Waals surface area (Å²) < 4.78 is 0. The van der Waals surface area contributed by atoms with E-state index in [1.165, 1.54) is 4.90 Å². The number of nitrogens with one attached hydrogen (secondary N) is 1. The summed E-state index contributed by atoms with van der Waals surface area (Å²) in [7, 11) is 3.45.